The molecule has 1 fully saturated rings. The molecule has 1 aliphatic heterocycles. The minimum atomic E-state index is -0.0364. The van der Waals surface area contributed by atoms with Crippen molar-refractivity contribution >= 4 is 16.6 Å². The summed E-state index contributed by atoms with van der Waals surface area (Å²) in [6, 6.07) is 20.5. The van der Waals surface area contributed by atoms with Crippen molar-refractivity contribution in [3.05, 3.63) is 76.6 Å². The predicted octanol–water partition coefficient (Wildman–Crippen LogP) is 2.85. The molecule has 1 saturated heterocycles. The van der Waals surface area contributed by atoms with Gasteiger partial charge in [0.15, 0.2) is 0 Å². The van der Waals surface area contributed by atoms with Crippen LogP contribution in [0, 0.1) is 0 Å². The van der Waals surface area contributed by atoms with Crippen LogP contribution in [-0.4, -0.2) is 36.1 Å². The molecule has 0 atom stereocenters. The number of aromatic nitrogens is 1. The van der Waals surface area contributed by atoms with E-state index in [4.69, 9.17) is 0 Å². The van der Waals surface area contributed by atoms with Gasteiger partial charge in [-0.1, -0.05) is 48.5 Å². The molecule has 2 heterocycles. The van der Waals surface area contributed by atoms with Crippen molar-refractivity contribution in [3.8, 4) is 0 Å². The first-order valence-corrected chi connectivity index (χ1v) is 8.43. The lowest BCUT2D eigenvalue weighted by Gasteiger charge is -2.35. The molecule has 0 aliphatic carbocycles. The fraction of sp³-hybridized carbons (Fsp3) is 0.250. The first-order chi connectivity index (χ1) is 11.8. The van der Waals surface area contributed by atoms with Crippen LogP contribution in [0.5, 0.6) is 0 Å². The second-order valence-corrected chi connectivity index (χ2v) is 6.30. The highest BCUT2D eigenvalue weighted by Gasteiger charge is 2.18. The summed E-state index contributed by atoms with van der Waals surface area (Å²) in [5, 5.41) is 2.64. The molecule has 0 spiro atoms. The van der Waals surface area contributed by atoms with E-state index in [1.165, 1.54) is 16.3 Å². The number of benzene rings is 2. The van der Waals surface area contributed by atoms with Crippen LogP contribution < -0.4 is 10.5 Å². The van der Waals surface area contributed by atoms with Crippen LogP contribution in [0.15, 0.2) is 65.5 Å². The minimum absolute atomic E-state index is 0.0364. The van der Waals surface area contributed by atoms with Crippen LogP contribution in [0.1, 0.15) is 5.56 Å². The SMILES string of the molecule is O=c1cccc(N2CCN(Cc3cccc4ccccc34)CC2)[nH]1. The summed E-state index contributed by atoms with van der Waals surface area (Å²) in [4.78, 5) is 19.1. The van der Waals surface area contributed by atoms with Gasteiger partial charge >= 0.3 is 0 Å². The summed E-state index contributed by atoms with van der Waals surface area (Å²) in [6.45, 7) is 4.84. The van der Waals surface area contributed by atoms with E-state index in [0.717, 1.165) is 38.5 Å². The first kappa shape index (κ1) is 15.0. The Morgan fingerprint density at radius 3 is 2.42 bits per heavy atom. The van der Waals surface area contributed by atoms with E-state index in [2.05, 4.69) is 57.2 Å². The van der Waals surface area contributed by atoms with E-state index in [1.807, 2.05) is 12.1 Å². The lowest BCUT2D eigenvalue weighted by molar-refractivity contribution is 0.250. The Morgan fingerprint density at radius 2 is 1.58 bits per heavy atom. The number of pyridine rings is 1. The van der Waals surface area contributed by atoms with E-state index < -0.39 is 0 Å². The standard InChI is InChI=1S/C20H21N3O/c24-20-10-4-9-19(21-20)23-13-11-22(12-14-23)15-17-7-3-6-16-5-1-2-8-18(16)17/h1-10H,11-15H2,(H,21,24). The van der Waals surface area contributed by atoms with Gasteiger partial charge in [-0.05, 0) is 22.4 Å². The van der Waals surface area contributed by atoms with Crippen LogP contribution in [-0.2, 0) is 6.54 Å². The van der Waals surface area contributed by atoms with Crippen molar-refractivity contribution in [2.75, 3.05) is 31.1 Å². The third-order valence-corrected chi connectivity index (χ3v) is 4.74. The third-order valence-electron chi connectivity index (χ3n) is 4.74. The van der Waals surface area contributed by atoms with Crippen molar-refractivity contribution < 1.29 is 0 Å². The fourth-order valence-corrected chi connectivity index (χ4v) is 3.44. The third kappa shape index (κ3) is 3.05. The maximum absolute atomic E-state index is 11.5. The molecule has 4 nitrogen and oxygen atoms in total. The van der Waals surface area contributed by atoms with Gasteiger partial charge in [-0.2, -0.15) is 0 Å². The van der Waals surface area contributed by atoms with E-state index in [9.17, 15) is 4.79 Å². The molecular formula is C20H21N3O. The van der Waals surface area contributed by atoms with Gasteiger partial charge < -0.3 is 9.88 Å². The second kappa shape index (κ2) is 6.49. The maximum Gasteiger partial charge on any atom is 0.249 e. The van der Waals surface area contributed by atoms with Crippen molar-refractivity contribution in [1.29, 1.82) is 0 Å². The Hall–Kier alpha value is -2.59. The zero-order chi connectivity index (χ0) is 16.4. The average Bonchev–Trinajstić information content (AvgIpc) is 2.63. The van der Waals surface area contributed by atoms with E-state index >= 15 is 0 Å². The molecule has 24 heavy (non-hydrogen) atoms. The van der Waals surface area contributed by atoms with Crippen molar-refractivity contribution in [2.45, 2.75) is 6.54 Å². The fourth-order valence-electron chi connectivity index (χ4n) is 3.44. The molecule has 3 aromatic rings. The van der Waals surface area contributed by atoms with Crippen LogP contribution in [0.4, 0.5) is 5.82 Å². The number of anilines is 1. The summed E-state index contributed by atoms with van der Waals surface area (Å²) >= 11 is 0. The molecule has 2 aromatic carbocycles. The molecule has 1 N–H and O–H groups in total. The van der Waals surface area contributed by atoms with Gasteiger partial charge in [0.1, 0.15) is 5.82 Å². The summed E-state index contributed by atoms with van der Waals surface area (Å²) in [5.74, 6) is 0.923. The second-order valence-electron chi connectivity index (χ2n) is 6.30. The molecule has 122 valence electrons. The van der Waals surface area contributed by atoms with Crippen LogP contribution >= 0.6 is 0 Å². The van der Waals surface area contributed by atoms with Crippen LogP contribution in [0.25, 0.3) is 10.8 Å². The van der Waals surface area contributed by atoms with E-state index in [0.29, 0.717) is 0 Å². The number of nitrogens with zero attached hydrogens (tertiary/aromatic N) is 2. The lowest BCUT2D eigenvalue weighted by atomic mass is 10.0. The van der Waals surface area contributed by atoms with Gasteiger partial charge in [0.05, 0.1) is 0 Å². The normalized spacial score (nSPS) is 15.8. The first-order valence-electron chi connectivity index (χ1n) is 8.43. The highest BCUT2D eigenvalue weighted by Crippen LogP contribution is 2.21. The highest BCUT2D eigenvalue weighted by molar-refractivity contribution is 5.85. The number of piperazine rings is 1. The molecule has 0 saturated carbocycles. The molecule has 1 aliphatic rings. The largest absolute Gasteiger partial charge is 0.356 e. The summed E-state index contributed by atoms with van der Waals surface area (Å²) in [7, 11) is 0. The molecule has 1 aromatic heterocycles. The Kier molecular flexibility index (Phi) is 4.05. The number of rotatable bonds is 3. The zero-order valence-corrected chi connectivity index (χ0v) is 13.6. The van der Waals surface area contributed by atoms with Gasteiger partial charge in [0, 0.05) is 38.8 Å². The van der Waals surface area contributed by atoms with Gasteiger partial charge in [-0.3, -0.25) is 9.69 Å². The van der Waals surface area contributed by atoms with Gasteiger partial charge in [-0.15, -0.1) is 0 Å². The van der Waals surface area contributed by atoms with Gasteiger partial charge in [0.25, 0.3) is 0 Å². The van der Waals surface area contributed by atoms with Crippen molar-refractivity contribution in [2.24, 2.45) is 0 Å². The molecule has 0 radical (unpaired) electrons. The quantitative estimate of drug-likeness (QED) is 0.807. The number of nitrogens with one attached hydrogen (secondary N) is 1. The summed E-state index contributed by atoms with van der Waals surface area (Å²) in [6.07, 6.45) is 0. The number of aromatic amines is 1. The Labute approximate surface area is 141 Å². The van der Waals surface area contributed by atoms with Gasteiger partial charge in [0.2, 0.25) is 5.56 Å². The molecule has 0 bridgehead atoms. The monoisotopic (exact) mass is 319 g/mol. The predicted molar refractivity (Wildman–Crippen MR) is 98.5 cm³/mol. The summed E-state index contributed by atoms with van der Waals surface area (Å²) < 4.78 is 0. The average molecular weight is 319 g/mol. The van der Waals surface area contributed by atoms with Crippen molar-refractivity contribution in [3.63, 3.8) is 0 Å². The molecule has 4 heteroatoms. The van der Waals surface area contributed by atoms with Crippen molar-refractivity contribution in [1.82, 2.24) is 9.88 Å². The number of hydrogen-bond donors (Lipinski definition) is 1. The lowest BCUT2D eigenvalue weighted by Crippen LogP contribution is -2.46. The van der Waals surface area contributed by atoms with E-state index in [1.54, 1.807) is 6.07 Å². The zero-order valence-electron chi connectivity index (χ0n) is 13.6. The van der Waals surface area contributed by atoms with Crippen LogP contribution in [0.3, 0.4) is 0 Å². The number of H-pyrrole nitrogens is 1. The Balaban J connectivity index is 1.45. The maximum atomic E-state index is 11.5. The molecule has 0 unspecified atom stereocenters. The summed E-state index contributed by atoms with van der Waals surface area (Å²) in [5.41, 5.74) is 1.35. The van der Waals surface area contributed by atoms with Gasteiger partial charge in [-0.25, -0.2) is 0 Å². The molecule has 4 rings (SSSR count). The van der Waals surface area contributed by atoms with E-state index in [-0.39, 0.29) is 5.56 Å². The number of fused-ring (bicyclic) bond motifs is 1. The minimum Gasteiger partial charge on any atom is -0.356 e. The topological polar surface area (TPSA) is 39.3 Å². The van der Waals surface area contributed by atoms with Crippen LogP contribution in [0.2, 0.25) is 0 Å². The Bertz CT molecular complexity index is 889. The smallest absolute Gasteiger partial charge is 0.249 e. The molecule has 0 amide bonds. The Morgan fingerprint density at radius 1 is 0.833 bits per heavy atom. The molecular weight excluding hydrogens is 298 g/mol. The number of hydrogen-bond acceptors (Lipinski definition) is 3. The highest BCUT2D eigenvalue weighted by atomic mass is 16.1.